The van der Waals surface area contributed by atoms with E-state index in [0.29, 0.717) is 5.92 Å². The number of fused-ring (bicyclic) bond motifs is 3. The topological polar surface area (TPSA) is 28.9 Å². The number of furan rings is 1. The molecule has 64 heavy (non-hydrogen) atoms. The molecule has 312 valence electrons. The van der Waals surface area contributed by atoms with Crippen molar-refractivity contribution < 1.29 is 9.15 Å². The van der Waals surface area contributed by atoms with Gasteiger partial charge in [-0.15, -0.1) is 0 Å². The second-order valence-corrected chi connectivity index (χ2v) is 17.4. The third-order valence-corrected chi connectivity index (χ3v) is 13.3. The molecular formula is C60H50N2O2. The third-order valence-electron chi connectivity index (χ3n) is 13.3. The number of ether oxygens (including phenoxy) is 1. The Morgan fingerprint density at radius 3 is 1.66 bits per heavy atom. The van der Waals surface area contributed by atoms with E-state index >= 15 is 0 Å². The quantitative estimate of drug-likeness (QED) is 0.128. The maximum Gasteiger partial charge on any atom is 0.159 e. The Morgan fingerprint density at radius 2 is 1.03 bits per heavy atom. The Bertz CT molecular complexity index is 3530. The average Bonchev–Trinajstić information content (AvgIpc) is 3.73. The first-order valence-corrected chi connectivity index (χ1v) is 22.5. The summed E-state index contributed by atoms with van der Waals surface area (Å²) in [7, 11) is 1.78. The lowest BCUT2D eigenvalue weighted by atomic mass is 9.88. The third kappa shape index (κ3) is 6.19. The monoisotopic (exact) mass is 830 g/mol. The molecule has 0 saturated heterocycles. The zero-order valence-electron chi connectivity index (χ0n) is 37.2. The molecule has 4 nitrogen and oxygen atoms in total. The van der Waals surface area contributed by atoms with Crippen LogP contribution in [-0.4, -0.2) is 7.11 Å². The molecule has 0 saturated carbocycles. The normalized spacial score (nSPS) is 11.8. The first kappa shape index (κ1) is 39.3. The molecule has 0 N–H and O–H groups in total. The van der Waals surface area contributed by atoms with Gasteiger partial charge in [0.15, 0.2) is 5.58 Å². The molecule has 0 fully saturated rings. The summed E-state index contributed by atoms with van der Waals surface area (Å²) >= 11 is 0. The van der Waals surface area contributed by atoms with E-state index in [1.165, 1.54) is 54.6 Å². The second-order valence-electron chi connectivity index (χ2n) is 17.4. The fraction of sp³-hybridized carbons (Fsp3) is 0.133. The maximum atomic E-state index is 6.94. The van der Waals surface area contributed by atoms with E-state index in [-0.39, 0.29) is 0 Å². The van der Waals surface area contributed by atoms with Crippen LogP contribution in [0.5, 0.6) is 5.75 Å². The van der Waals surface area contributed by atoms with Crippen LogP contribution in [-0.2, 0) is 6.42 Å². The van der Waals surface area contributed by atoms with Gasteiger partial charge in [-0.05, 0) is 130 Å². The lowest BCUT2D eigenvalue weighted by Crippen LogP contribution is -2.12. The van der Waals surface area contributed by atoms with E-state index in [1.807, 2.05) is 0 Å². The summed E-state index contributed by atoms with van der Waals surface area (Å²) in [6.45, 7) is 11.1. The summed E-state index contributed by atoms with van der Waals surface area (Å²) in [4.78, 5) is 4.84. The van der Waals surface area contributed by atoms with Crippen molar-refractivity contribution in [2.24, 2.45) is 0 Å². The highest BCUT2D eigenvalue weighted by atomic mass is 16.5. The number of nitrogens with zero attached hydrogens (tertiary/aromatic N) is 2. The van der Waals surface area contributed by atoms with Gasteiger partial charge in [0.05, 0.1) is 24.2 Å². The fourth-order valence-corrected chi connectivity index (χ4v) is 10.3. The summed E-state index contributed by atoms with van der Waals surface area (Å²) in [6, 6.07) is 64.1. The molecule has 0 aliphatic rings. The van der Waals surface area contributed by atoms with Crippen molar-refractivity contribution in [1.82, 2.24) is 0 Å². The van der Waals surface area contributed by atoms with Crippen molar-refractivity contribution in [2.45, 2.75) is 47.0 Å². The number of hydrogen-bond donors (Lipinski definition) is 0. The summed E-state index contributed by atoms with van der Waals surface area (Å²) in [6.07, 6.45) is 0.901. The maximum absolute atomic E-state index is 6.94. The first-order chi connectivity index (χ1) is 31.3. The Morgan fingerprint density at radius 1 is 0.484 bits per heavy atom. The number of hydrogen-bond acceptors (Lipinski definition) is 4. The average molecular weight is 831 g/mol. The molecule has 0 bridgehead atoms. The van der Waals surface area contributed by atoms with Gasteiger partial charge in [-0.1, -0.05) is 142 Å². The number of methoxy groups -OCH3 is 1. The van der Waals surface area contributed by atoms with Gasteiger partial charge < -0.3 is 19.0 Å². The molecule has 0 radical (unpaired) electrons. The summed E-state index contributed by atoms with van der Waals surface area (Å²) < 4.78 is 13.1. The van der Waals surface area contributed by atoms with Crippen LogP contribution >= 0.6 is 0 Å². The van der Waals surface area contributed by atoms with Gasteiger partial charge in [-0.25, -0.2) is 0 Å². The van der Waals surface area contributed by atoms with Crippen LogP contribution in [0.2, 0.25) is 0 Å². The van der Waals surface area contributed by atoms with Crippen LogP contribution in [0, 0.1) is 13.8 Å². The van der Waals surface area contributed by atoms with Gasteiger partial charge >= 0.3 is 0 Å². The molecule has 10 aromatic carbocycles. The molecule has 0 spiro atoms. The van der Waals surface area contributed by atoms with Crippen LogP contribution in [0.1, 0.15) is 48.9 Å². The number of benzene rings is 10. The molecular weight excluding hydrogens is 781 g/mol. The molecule has 0 amide bonds. The van der Waals surface area contributed by atoms with E-state index in [1.54, 1.807) is 7.11 Å². The van der Waals surface area contributed by atoms with Gasteiger partial charge in [0, 0.05) is 44.2 Å². The molecule has 1 aromatic heterocycles. The zero-order chi connectivity index (χ0) is 43.6. The molecule has 0 aliphatic carbocycles. The van der Waals surface area contributed by atoms with Crippen LogP contribution < -0.4 is 14.5 Å². The molecule has 0 aliphatic heterocycles. The summed E-state index contributed by atoms with van der Waals surface area (Å²) in [5.41, 5.74) is 15.4. The van der Waals surface area contributed by atoms with E-state index in [4.69, 9.17) is 9.15 Å². The Kier molecular flexibility index (Phi) is 9.61. The highest BCUT2D eigenvalue weighted by Crippen LogP contribution is 2.51. The van der Waals surface area contributed by atoms with Crippen molar-refractivity contribution in [3.63, 3.8) is 0 Å². The molecule has 11 rings (SSSR count). The van der Waals surface area contributed by atoms with Gasteiger partial charge in [-0.2, -0.15) is 0 Å². The number of anilines is 6. The van der Waals surface area contributed by atoms with Crippen LogP contribution in [0.3, 0.4) is 0 Å². The zero-order valence-corrected chi connectivity index (χ0v) is 37.2. The number of para-hydroxylation sites is 5. The molecule has 0 atom stereocenters. The minimum atomic E-state index is 0.330. The summed E-state index contributed by atoms with van der Waals surface area (Å²) in [5, 5.41) is 9.68. The predicted octanol–water partition coefficient (Wildman–Crippen LogP) is 17.4. The van der Waals surface area contributed by atoms with Gasteiger partial charge in [0.2, 0.25) is 0 Å². The molecule has 1 heterocycles. The SMILES string of the molecule is CCc1cccc2c1oc1c(N(c3ccccc3)c3cc(C)c4ccc5c(N(c6ccccc6)c6cccc(-c7cccc(C(C)C)c7OC)c6)cc(C)c6ccc3c4c65)cccc12. The van der Waals surface area contributed by atoms with E-state index in [0.717, 1.165) is 79.4 Å². The van der Waals surface area contributed by atoms with Crippen molar-refractivity contribution in [1.29, 1.82) is 0 Å². The van der Waals surface area contributed by atoms with Crippen LogP contribution in [0.4, 0.5) is 34.1 Å². The Balaban J connectivity index is 1.17. The van der Waals surface area contributed by atoms with Crippen molar-refractivity contribution in [3.05, 3.63) is 198 Å². The van der Waals surface area contributed by atoms with E-state index in [2.05, 4.69) is 220 Å². The molecule has 4 heteroatoms. The first-order valence-electron chi connectivity index (χ1n) is 22.5. The Hall–Kier alpha value is -7.56. The highest BCUT2D eigenvalue weighted by molar-refractivity contribution is 6.29. The minimum Gasteiger partial charge on any atom is -0.496 e. The summed E-state index contributed by atoms with van der Waals surface area (Å²) in [5.74, 6) is 1.26. The van der Waals surface area contributed by atoms with Crippen molar-refractivity contribution in [2.75, 3.05) is 16.9 Å². The van der Waals surface area contributed by atoms with Gasteiger partial charge in [0.25, 0.3) is 0 Å². The number of aryl methyl sites for hydroxylation is 3. The minimum absolute atomic E-state index is 0.330. The van der Waals surface area contributed by atoms with Crippen LogP contribution in [0.25, 0.3) is 65.4 Å². The largest absolute Gasteiger partial charge is 0.496 e. The van der Waals surface area contributed by atoms with E-state index in [9.17, 15) is 0 Å². The lowest BCUT2D eigenvalue weighted by molar-refractivity contribution is 0.409. The Labute approximate surface area is 374 Å². The molecule has 0 unspecified atom stereocenters. The van der Waals surface area contributed by atoms with Crippen molar-refractivity contribution in [3.8, 4) is 16.9 Å². The van der Waals surface area contributed by atoms with Crippen LogP contribution in [0.15, 0.2) is 180 Å². The van der Waals surface area contributed by atoms with Crippen molar-refractivity contribution >= 4 is 88.4 Å². The fourth-order valence-electron chi connectivity index (χ4n) is 10.3. The standard InChI is InChI=1S/C60H50N2O2/c1-7-40-18-15-27-49-50-28-17-29-53(60(50)64-58(40)49)62(43-22-12-9-13-23-43)55-35-39(5)47-30-32-51-54(34-38(4)46-31-33-52(55)57(47)56(46)51)61(42-20-10-8-11-21-42)44-24-14-19-41(36-44)48-26-16-25-45(37(2)3)59(48)63-6/h8-37H,7H2,1-6H3. The number of rotatable bonds is 10. The molecule has 11 aromatic rings. The second kappa shape index (κ2) is 15.7. The van der Waals surface area contributed by atoms with Gasteiger partial charge in [0.1, 0.15) is 11.3 Å². The predicted molar refractivity (Wildman–Crippen MR) is 272 cm³/mol. The van der Waals surface area contributed by atoms with Gasteiger partial charge in [-0.3, -0.25) is 0 Å². The smallest absolute Gasteiger partial charge is 0.159 e. The van der Waals surface area contributed by atoms with E-state index < -0.39 is 0 Å². The lowest BCUT2D eigenvalue weighted by Gasteiger charge is -2.30. The highest BCUT2D eigenvalue weighted by Gasteiger charge is 2.26.